The van der Waals surface area contributed by atoms with Gasteiger partial charge in [-0.1, -0.05) is 0 Å². The molecule has 0 N–H and O–H groups in total. The van der Waals surface area contributed by atoms with Gasteiger partial charge >= 0.3 is 0 Å². The van der Waals surface area contributed by atoms with E-state index in [0.717, 1.165) is 0 Å². The zero-order valence-electron chi connectivity index (χ0n) is 6.84. The third-order valence-corrected chi connectivity index (χ3v) is 0.733. The molecule has 0 aromatic rings. The van der Waals surface area contributed by atoms with E-state index in [4.69, 9.17) is 4.84 Å². The summed E-state index contributed by atoms with van der Waals surface area (Å²) in [6, 6.07) is 0. The first-order valence-electron chi connectivity index (χ1n) is 3.06. The minimum Gasteiger partial charge on any atom is -0.411 e. The molecule has 10 heavy (non-hydrogen) atoms. The predicted octanol–water partition coefficient (Wildman–Crippen LogP) is 0.972. The van der Waals surface area contributed by atoms with Gasteiger partial charge in [0.15, 0.2) is 5.78 Å². The van der Waals surface area contributed by atoms with Gasteiger partial charge in [-0.05, 0) is 13.8 Å². The molecule has 0 aliphatic rings. The minimum absolute atomic E-state index is 0.000602. The van der Waals surface area contributed by atoms with Gasteiger partial charge in [-0.25, -0.2) is 0 Å². The average Bonchev–Trinajstić information content (AvgIpc) is 1.58. The number of hydroxylamine groups is 2. The Balaban J connectivity index is 3.83. The normalized spacial score (nSPS) is 11.9. The molecule has 3 heteroatoms. The van der Waals surface area contributed by atoms with Crippen molar-refractivity contribution in [3.8, 4) is 0 Å². The van der Waals surface area contributed by atoms with E-state index in [-0.39, 0.29) is 5.78 Å². The Kier molecular flexibility index (Phi) is 3.72. The van der Waals surface area contributed by atoms with Crippen LogP contribution in [0.5, 0.6) is 0 Å². The highest BCUT2D eigenvalue weighted by Crippen LogP contribution is 1.95. The summed E-state index contributed by atoms with van der Waals surface area (Å²) in [4.78, 5) is 15.5. The van der Waals surface area contributed by atoms with E-state index in [1.165, 1.54) is 18.1 Å². The maximum Gasteiger partial charge on any atom is 0.156 e. The molecule has 0 aliphatic heterocycles. The Morgan fingerprint density at radius 3 is 2.20 bits per heavy atom. The molecule has 0 amide bonds. The fourth-order valence-electron chi connectivity index (χ4n) is 0.601. The molecule has 0 rings (SSSR count). The number of hydrogen-bond donors (Lipinski definition) is 0. The Morgan fingerprint density at radius 2 is 1.90 bits per heavy atom. The fourth-order valence-corrected chi connectivity index (χ4v) is 0.601. The standard InChI is InChI=1S/C7H13NO2/c1-6(9)5-7(2)10-8(3)4/h5H,1-4H3/b7-5+. The van der Waals surface area contributed by atoms with Crippen molar-refractivity contribution in [3.63, 3.8) is 0 Å². The Morgan fingerprint density at radius 1 is 1.40 bits per heavy atom. The van der Waals surface area contributed by atoms with Crippen LogP contribution in [0.3, 0.4) is 0 Å². The maximum absolute atomic E-state index is 10.5. The van der Waals surface area contributed by atoms with Gasteiger partial charge in [-0.15, -0.1) is 0 Å². The minimum atomic E-state index is -0.000602. The monoisotopic (exact) mass is 143 g/mol. The van der Waals surface area contributed by atoms with E-state index in [9.17, 15) is 4.79 Å². The van der Waals surface area contributed by atoms with Crippen molar-refractivity contribution in [2.75, 3.05) is 14.1 Å². The molecule has 0 bridgehead atoms. The average molecular weight is 143 g/mol. The maximum atomic E-state index is 10.5. The van der Waals surface area contributed by atoms with E-state index in [1.807, 2.05) is 0 Å². The van der Waals surface area contributed by atoms with Gasteiger partial charge in [0, 0.05) is 20.2 Å². The molecule has 0 heterocycles. The Bertz CT molecular complexity index is 150. The molecule has 3 nitrogen and oxygen atoms in total. The molecule has 0 atom stereocenters. The Hall–Kier alpha value is -0.830. The van der Waals surface area contributed by atoms with Gasteiger partial charge in [-0.2, -0.15) is 5.06 Å². The first kappa shape index (κ1) is 9.17. The summed E-state index contributed by atoms with van der Waals surface area (Å²) in [5.74, 6) is 0.608. The van der Waals surface area contributed by atoms with E-state index >= 15 is 0 Å². The molecule has 0 aromatic heterocycles. The smallest absolute Gasteiger partial charge is 0.156 e. The lowest BCUT2D eigenvalue weighted by atomic mass is 10.4. The number of carbonyl (C=O) groups excluding carboxylic acids is 1. The van der Waals surface area contributed by atoms with Crippen molar-refractivity contribution in [2.45, 2.75) is 13.8 Å². The van der Waals surface area contributed by atoms with E-state index in [1.54, 1.807) is 21.0 Å². The number of hydrogen-bond acceptors (Lipinski definition) is 3. The van der Waals surface area contributed by atoms with Crippen molar-refractivity contribution in [1.29, 1.82) is 0 Å². The lowest BCUT2D eigenvalue weighted by Crippen LogP contribution is -2.11. The number of nitrogens with zero attached hydrogens (tertiary/aromatic N) is 1. The molecular weight excluding hydrogens is 130 g/mol. The molecule has 0 radical (unpaired) electrons. The lowest BCUT2D eigenvalue weighted by molar-refractivity contribution is -0.113. The van der Waals surface area contributed by atoms with Crippen molar-refractivity contribution in [2.24, 2.45) is 0 Å². The van der Waals surface area contributed by atoms with Crippen LogP contribution in [-0.4, -0.2) is 24.9 Å². The molecule has 0 unspecified atom stereocenters. The summed E-state index contributed by atoms with van der Waals surface area (Å²) in [6.45, 7) is 3.23. The third kappa shape index (κ3) is 5.31. The SMILES string of the molecule is CC(=O)/C=C(\C)ON(C)C. The largest absolute Gasteiger partial charge is 0.411 e. The summed E-state index contributed by atoms with van der Waals surface area (Å²) in [6.07, 6.45) is 1.44. The van der Waals surface area contributed by atoms with Gasteiger partial charge in [-0.3, -0.25) is 4.79 Å². The zero-order valence-corrected chi connectivity index (χ0v) is 6.84. The van der Waals surface area contributed by atoms with E-state index in [2.05, 4.69) is 0 Å². The van der Waals surface area contributed by atoms with Crippen LogP contribution in [0.25, 0.3) is 0 Å². The van der Waals surface area contributed by atoms with Crippen LogP contribution in [-0.2, 0) is 9.63 Å². The Labute approximate surface area is 61.2 Å². The molecule has 0 aromatic carbocycles. The van der Waals surface area contributed by atoms with Crippen LogP contribution in [0.4, 0.5) is 0 Å². The molecular formula is C7H13NO2. The number of carbonyl (C=O) groups is 1. The van der Waals surface area contributed by atoms with E-state index < -0.39 is 0 Å². The second-order valence-corrected chi connectivity index (χ2v) is 2.27. The summed E-state index contributed by atoms with van der Waals surface area (Å²) in [5, 5.41) is 1.54. The second-order valence-electron chi connectivity index (χ2n) is 2.27. The molecule has 0 saturated heterocycles. The molecule has 0 saturated carbocycles. The fraction of sp³-hybridized carbons (Fsp3) is 0.571. The number of allylic oxidation sites excluding steroid dienone is 2. The van der Waals surface area contributed by atoms with Gasteiger partial charge < -0.3 is 4.84 Å². The van der Waals surface area contributed by atoms with E-state index in [0.29, 0.717) is 5.76 Å². The van der Waals surface area contributed by atoms with Gasteiger partial charge in [0.2, 0.25) is 0 Å². The van der Waals surface area contributed by atoms with Gasteiger partial charge in [0.1, 0.15) is 5.76 Å². The van der Waals surface area contributed by atoms with Gasteiger partial charge in [0.05, 0.1) is 0 Å². The second kappa shape index (κ2) is 4.06. The highest BCUT2D eigenvalue weighted by molar-refractivity contribution is 5.87. The predicted molar refractivity (Wildman–Crippen MR) is 39.2 cm³/mol. The van der Waals surface area contributed by atoms with Crippen molar-refractivity contribution < 1.29 is 9.63 Å². The van der Waals surface area contributed by atoms with Crippen molar-refractivity contribution in [3.05, 3.63) is 11.8 Å². The van der Waals surface area contributed by atoms with Crippen molar-refractivity contribution in [1.82, 2.24) is 5.06 Å². The van der Waals surface area contributed by atoms with Crippen LogP contribution in [0.2, 0.25) is 0 Å². The lowest BCUT2D eigenvalue weighted by Gasteiger charge is -2.10. The highest BCUT2D eigenvalue weighted by atomic mass is 16.7. The zero-order chi connectivity index (χ0) is 8.15. The van der Waals surface area contributed by atoms with Crippen LogP contribution in [0.1, 0.15) is 13.8 Å². The molecule has 0 fully saturated rings. The summed E-state index contributed by atoms with van der Waals surface area (Å²) >= 11 is 0. The molecule has 0 spiro atoms. The van der Waals surface area contributed by atoms with Crippen LogP contribution < -0.4 is 0 Å². The topological polar surface area (TPSA) is 29.5 Å². The van der Waals surface area contributed by atoms with Crippen LogP contribution >= 0.6 is 0 Å². The van der Waals surface area contributed by atoms with Crippen LogP contribution in [0.15, 0.2) is 11.8 Å². The van der Waals surface area contributed by atoms with Crippen LogP contribution in [0, 0.1) is 0 Å². The summed E-state index contributed by atoms with van der Waals surface area (Å²) in [5.41, 5.74) is 0. The van der Waals surface area contributed by atoms with Gasteiger partial charge in [0.25, 0.3) is 0 Å². The third-order valence-electron chi connectivity index (χ3n) is 0.733. The summed E-state index contributed by atoms with van der Waals surface area (Å²) in [7, 11) is 3.52. The highest BCUT2D eigenvalue weighted by Gasteiger charge is 1.93. The molecule has 58 valence electrons. The molecule has 0 aliphatic carbocycles. The quantitative estimate of drug-likeness (QED) is 0.335. The number of ketones is 1. The first-order valence-corrected chi connectivity index (χ1v) is 3.06. The van der Waals surface area contributed by atoms with Crippen molar-refractivity contribution >= 4 is 5.78 Å². The number of rotatable bonds is 3. The first-order chi connectivity index (χ1) is 4.52. The summed E-state index contributed by atoms with van der Waals surface area (Å²) < 4.78 is 0.